The minimum atomic E-state index is -4.41. The van der Waals surface area contributed by atoms with Gasteiger partial charge >= 0.3 is 6.18 Å². The molecule has 0 aromatic heterocycles. The van der Waals surface area contributed by atoms with Crippen molar-refractivity contribution in [3.05, 3.63) is 65.5 Å². The highest BCUT2D eigenvalue weighted by atomic mass is 19.4. The summed E-state index contributed by atoms with van der Waals surface area (Å²) < 4.78 is 51.4. The molecular formula is C15H13F4N. The Hall–Kier alpha value is -2.04. The average Bonchev–Trinajstić information content (AvgIpc) is 2.38. The van der Waals surface area contributed by atoms with Crippen LogP contribution in [0.5, 0.6) is 0 Å². The molecule has 2 rings (SSSR count). The van der Waals surface area contributed by atoms with E-state index in [1.165, 1.54) is 30.3 Å². The smallest absolute Gasteiger partial charge is 0.378 e. The fraction of sp³-hybridized carbons (Fsp3) is 0.200. The van der Waals surface area contributed by atoms with Crippen molar-refractivity contribution in [2.75, 3.05) is 5.32 Å². The first-order valence-electron chi connectivity index (χ1n) is 6.06. The molecule has 0 amide bonds. The van der Waals surface area contributed by atoms with Crippen molar-refractivity contribution in [3.8, 4) is 0 Å². The molecule has 1 unspecified atom stereocenters. The highest BCUT2D eigenvalue weighted by Gasteiger charge is 2.33. The Morgan fingerprint density at radius 3 is 2.15 bits per heavy atom. The number of alkyl halides is 3. The summed E-state index contributed by atoms with van der Waals surface area (Å²) in [5.41, 5.74) is 0.00849. The number of hydrogen-bond acceptors (Lipinski definition) is 1. The molecule has 20 heavy (non-hydrogen) atoms. The zero-order valence-electron chi connectivity index (χ0n) is 10.7. The maximum atomic E-state index is 12.9. The first-order chi connectivity index (χ1) is 9.38. The topological polar surface area (TPSA) is 12.0 Å². The third-order valence-electron chi connectivity index (χ3n) is 2.97. The predicted octanol–water partition coefficient (Wildman–Crippen LogP) is 5.02. The maximum Gasteiger partial charge on any atom is 0.418 e. The van der Waals surface area contributed by atoms with Gasteiger partial charge in [-0.2, -0.15) is 13.2 Å². The molecule has 5 heteroatoms. The minimum Gasteiger partial charge on any atom is -0.378 e. The summed E-state index contributed by atoms with van der Waals surface area (Å²) >= 11 is 0. The van der Waals surface area contributed by atoms with Crippen LogP contribution in [-0.2, 0) is 6.18 Å². The van der Waals surface area contributed by atoms with Gasteiger partial charge in [0.25, 0.3) is 0 Å². The van der Waals surface area contributed by atoms with E-state index in [1.807, 2.05) is 0 Å². The summed E-state index contributed by atoms with van der Waals surface area (Å²) in [6.07, 6.45) is -4.41. The Bertz CT molecular complexity index is 575. The van der Waals surface area contributed by atoms with Crippen molar-refractivity contribution < 1.29 is 17.6 Å². The first-order valence-corrected chi connectivity index (χ1v) is 6.06. The van der Waals surface area contributed by atoms with Gasteiger partial charge in [-0.1, -0.05) is 24.3 Å². The number of benzene rings is 2. The van der Waals surface area contributed by atoms with Gasteiger partial charge in [0.05, 0.1) is 5.56 Å². The third kappa shape index (κ3) is 3.29. The van der Waals surface area contributed by atoms with Crippen LogP contribution >= 0.6 is 0 Å². The molecule has 1 atom stereocenters. The fourth-order valence-electron chi connectivity index (χ4n) is 1.92. The molecule has 2 aromatic carbocycles. The molecule has 0 aliphatic rings. The third-order valence-corrected chi connectivity index (χ3v) is 2.97. The summed E-state index contributed by atoms with van der Waals surface area (Å²) in [5.74, 6) is -0.378. The van der Waals surface area contributed by atoms with Crippen LogP contribution in [0.2, 0.25) is 0 Å². The van der Waals surface area contributed by atoms with Gasteiger partial charge in [-0.25, -0.2) is 4.39 Å². The van der Waals surface area contributed by atoms with Crippen LogP contribution in [0.15, 0.2) is 48.5 Å². The molecule has 0 saturated carbocycles. The van der Waals surface area contributed by atoms with Crippen LogP contribution in [0.25, 0.3) is 0 Å². The van der Waals surface area contributed by atoms with E-state index in [9.17, 15) is 17.6 Å². The molecule has 0 bridgehead atoms. The second-order valence-electron chi connectivity index (χ2n) is 4.46. The number of hydrogen-bond donors (Lipinski definition) is 1. The van der Waals surface area contributed by atoms with E-state index < -0.39 is 11.7 Å². The quantitative estimate of drug-likeness (QED) is 0.780. The van der Waals surface area contributed by atoms with Gasteiger partial charge in [0.2, 0.25) is 0 Å². The van der Waals surface area contributed by atoms with Gasteiger partial charge in [0.1, 0.15) is 5.82 Å². The number of nitrogens with one attached hydrogen (secondary N) is 1. The molecule has 0 aliphatic heterocycles. The molecule has 106 valence electrons. The molecule has 0 fully saturated rings. The van der Waals surface area contributed by atoms with Crippen molar-refractivity contribution in [3.63, 3.8) is 0 Å². The SMILES string of the molecule is CC(Nc1ccccc1C(F)(F)F)c1ccc(F)cc1. The average molecular weight is 283 g/mol. The number of halogens is 4. The number of rotatable bonds is 3. The van der Waals surface area contributed by atoms with E-state index in [2.05, 4.69) is 5.32 Å². The molecule has 0 saturated heterocycles. The molecule has 0 radical (unpaired) electrons. The molecule has 0 spiro atoms. The first kappa shape index (κ1) is 14.4. The summed E-state index contributed by atoms with van der Waals surface area (Å²) in [5, 5.41) is 2.81. The van der Waals surface area contributed by atoms with E-state index in [0.717, 1.165) is 6.07 Å². The van der Waals surface area contributed by atoms with Gasteiger partial charge in [0.15, 0.2) is 0 Å². The Kier molecular flexibility index (Phi) is 3.97. The van der Waals surface area contributed by atoms with Gasteiger partial charge in [-0.15, -0.1) is 0 Å². The second-order valence-corrected chi connectivity index (χ2v) is 4.46. The monoisotopic (exact) mass is 283 g/mol. The Balaban J connectivity index is 2.24. The van der Waals surface area contributed by atoms with Gasteiger partial charge in [0, 0.05) is 11.7 Å². The summed E-state index contributed by atoms with van der Waals surface area (Å²) in [6, 6.07) is 10.6. The molecule has 0 heterocycles. The molecule has 0 aliphatic carbocycles. The fourth-order valence-corrected chi connectivity index (χ4v) is 1.92. The maximum absolute atomic E-state index is 12.9. The lowest BCUT2D eigenvalue weighted by molar-refractivity contribution is -0.137. The van der Waals surface area contributed by atoms with Crippen molar-refractivity contribution in [2.45, 2.75) is 19.1 Å². The predicted molar refractivity (Wildman–Crippen MR) is 69.9 cm³/mol. The lowest BCUT2D eigenvalue weighted by atomic mass is 10.1. The lowest BCUT2D eigenvalue weighted by Crippen LogP contribution is -2.13. The van der Waals surface area contributed by atoms with Gasteiger partial charge in [-0.3, -0.25) is 0 Å². The van der Waals surface area contributed by atoms with Crippen LogP contribution < -0.4 is 5.32 Å². The Labute approximate surface area is 114 Å². The largest absolute Gasteiger partial charge is 0.418 e. The van der Waals surface area contributed by atoms with Crippen LogP contribution in [-0.4, -0.2) is 0 Å². The van der Waals surface area contributed by atoms with E-state index in [-0.39, 0.29) is 17.5 Å². The number of para-hydroxylation sites is 1. The van der Waals surface area contributed by atoms with E-state index in [0.29, 0.717) is 5.56 Å². The summed E-state index contributed by atoms with van der Waals surface area (Å²) in [4.78, 5) is 0. The normalized spacial score (nSPS) is 13.1. The molecule has 1 nitrogen and oxygen atoms in total. The highest BCUT2D eigenvalue weighted by molar-refractivity contribution is 5.53. The molecular weight excluding hydrogens is 270 g/mol. The Morgan fingerprint density at radius 2 is 1.55 bits per heavy atom. The van der Waals surface area contributed by atoms with Crippen LogP contribution in [0, 0.1) is 5.82 Å². The van der Waals surface area contributed by atoms with Gasteiger partial charge < -0.3 is 5.32 Å². The van der Waals surface area contributed by atoms with Gasteiger partial charge in [-0.05, 0) is 36.8 Å². The van der Waals surface area contributed by atoms with E-state index in [1.54, 1.807) is 19.1 Å². The number of anilines is 1. The second kappa shape index (κ2) is 5.53. The lowest BCUT2D eigenvalue weighted by Gasteiger charge is -2.19. The summed E-state index contributed by atoms with van der Waals surface area (Å²) in [6.45, 7) is 1.72. The van der Waals surface area contributed by atoms with Crippen molar-refractivity contribution in [1.82, 2.24) is 0 Å². The summed E-state index contributed by atoms with van der Waals surface area (Å²) in [7, 11) is 0. The standard InChI is InChI=1S/C15H13F4N/c1-10(11-6-8-12(16)9-7-11)20-14-5-3-2-4-13(14)15(17,18)19/h2-10,20H,1H3. The molecule has 1 N–H and O–H groups in total. The van der Waals surface area contributed by atoms with Crippen LogP contribution in [0.1, 0.15) is 24.1 Å². The van der Waals surface area contributed by atoms with Crippen molar-refractivity contribution in [2.24, 2.45) is 0 Å². The van der Waals surface area contributed by atoms with Crippen LogP contribution in [0.4, 0.5) is 23.2 Å². The van der Waals surface area contributed by atoms with Crippen LogP contribution in [0.3, 0.4) is 0 Å². The van der Waals surface area contributed by atoms with E-state index in [4.69, 9.17) is 0 Å². The molecule has 2 aromatic rings. The van der Waals surface area contributed by atoms with Crippen molar-refractivity contribution >= 4 is 5.69 Å². The zero-order valence-corrected chi connectivity index (χ0v) is 10.7. The van der Waals surface area contributed by atoms with Crippen molar-refractivity contribution in [1.29, 1.82) is 0 Å². The highest BCUT2D eigenvalue weighted by Crippen LogP contribution is 2.35. The Morgan fingerprint density at radius 1 is 0.950 bits per heavy atom. The van der Waals surface area contributed by atoms with E-state index >= 15 is 0 Å². The minimum absolute atomic E-state index is 0.0109. The zero-order chi connectivity index (χ0) is 14.8.